The van der Waals surface area contributed by atoms with Gasteiger partial charge in [0, 0.05) is 43.2 Å². The average molecular weight is 489 g/mol. The van der Waals surface area contributed by atoms with E-state index < -0.39 is 0 Å². The van der Waals surface area contributed by atoms with Gasteiger partial charge in [-0.2, -0.15) is 0 Å². The third-order valence-electron chi connectivity index (χ3n) is 6.57. The molecule has 0 amide bonds. The van der Waals surface area contributed by atoms with Crippen molar-refractivity contribution in [3.8, 4) is 52.1 Å². The van der Waals surface area contributed by atoms with Crippen LogP contribution in [-0.2, 0) is 13.5 Å². The van der Waals surface area contributed by atoms with E-state index >= 15 is 0 Å². The van der Waals surface area contributed by atoms with E-state index in [1.807, 2.05) is 38.2 Å². The number of methoxy groups -OCH3 is 1. The molecule has 6 rings (SSSR count). The van der Waals surface area contributed by atoms with Gasteiger partial charge in [0.1, 0.15) is 35.0 Å². The van der Waals surface area contributed by atoms with Crippen LogP contribution < -0.4 is 14.8 Å². The maximum absolute atomic E-state index is 6.11. The van der Waals surface area contributed by atoms with Crippen LogP contribution in [0, 0.1) is 19.3 Å². The second-order valence-electron chi connectivity index (χ2n) is 8.83. The number of aryl methyl sites for hydroxylation is 2. The summed E-state index contributed by atoms with van der Waals surface area (Å²) in [5.41, 5.74) is 7.17. The van der Waals surface area contributed by atoms with Gasteiger partial charge < -0.3 is 19.4 Å². The van der Waals surface area contributed by atoms with Gasteiger partial charge in [-0.1, -0.05) is 18.1 Å². The molecule has 8 heteroatoms. The molecule has 0 aliphatic carbocycles. The molecule has 37 heavy (non-hydrogen) atoms. The maximum Gasteiger partial charge on any atom is 0.219 e. The molecule has 1 aliphatic heterocycles. The first-order chi connectivity index (χ1) is 18.1. The fraction of sp³-hybridized carbons (Fsp3) is 0.172. The summed E-state index contributed by atoms with van der Waals surface area (Å²) < 4.78 is 13.9. The van der Waals surface area contributed by atoms with E-state index in [4.69, 9.17) is 15.9 Å². The summed E-state index contributed by atoms with van der Waals surface area (Å²) in [5.74, 6) is 5.32. The monoisotopic (exact) mass is 488 g/mol. The number of anilines is 1. The van der Waals surface area contributed by atoms with Crippen molar-refractivity contribution in [1.29, 1.82) is 0 Å². The number of fused-ring (bicyclic) bond motifs is 2. The number of hydrogen-bond acceptors (Lipinski definition) is 7. The lowest BCUT2D eigenvalue weighted by molar-refractivity contribution is 0.415. The Morgan fingerprint density at radius 1 is 1.08 bits per heavy atom. The third kappa shape index (κ3) is 3.81. The second kappa shape index (κ2) is 8.95. The number of hydrogen-bond donors (Lipinski definition) is 1. The van der Waals surface area contributed by atoms with Gasteiger partial charge in [-0.3, -0.25) is 0 Å². The predicted octanol–water partition coefficient (Wildman–Crippen LogP) is 5.15. The zero-order valence-corrected chi connectivity index (χ0v) is 20.7. The van der Waals surface area contributed by atoms with Gasteiger partial charge in [-0.05, 0) is 42.7 Å². The molecule has 4 aromatic heterocycles. The van der Waals surface area contributed by atoms with Crippen molar-refractivity contribution in [1.82, 2.24) is 24.5 Å². The summed E-state index contributed by atoms with van der Waals surface area (Å²) >= 11 is 0. The zero-order chi connectivity index (χ0) is 25.5. The summed E-state index contributed by atoms with van der Waals surface area (Å²) in [6.07, 6.45) is 9.73. The summed E-state index contributed by atoms with van der Waals surface area (Å²) in [6, 6.07) is 13.7. The van der Waals surface area contributed by atoms with E-state index in [1.165, 1.54) is 0 Å². The van der Waals surface area contributed by atoms with Crippen LogP contribution in [-0.4, -0.2) is 38.2 Å². The lowest BCUT2D eigenvalue weighted by Crippen LogP contribution is -2.10. The van der Waals surface area contributed by atoms with Crippen molar-refractivity contribution in [2.75, 3.05) is 19.0 Å². The molecule has 0 saturated heterocycles. The molecule has 182 valence electrons. The predicted molar refractivity (Wildman–Crippen MR) is 143 cm³/mol. The van der Waals surface area contributed by atoms with Crippen LogP contribution in [0.25, 0.3) is 33.4 Å². The molecule has 1 aromatic carbocycles. The van der Waals surface area contributed by atoms with Crippen LogP contribution in [0.3, 0.4) is 0 Å². The van der Waals surface area contributed by atoms with E-state index in [0.29, 0.717) is 17.3 Å². The molecule has 0 bridgehead atoms. The smallest absolute Gasteiger partial charge is 0.219 e. The first kappa shape index (κ1) is 22.6. The Labute approximate surface area is 214 Å². The van der Waals surface area contributed by atoms with E-state index in [9.17, 15) is 0 Å². The number of pyridine rings is 2. The Morgan fingerprint density at radius 3 is 2.78 bits per heavy atom. The SMILES string of the molecule is C#Cc1cc(OC)c(-c2c3c4c(ncnc4n2C)NCCc2cc(Oc4cccc(C)n4)ccc2-3)cn1. The van der Waals surface area contributed by atoms with Crippen molar-refractivity contribution >= 4 is 16.9 Å². The number of nitrogens with zero attached hydrogens (tertiary/aromatic N) is 5. The molecule has 0 saturated carbocycles. The minimum atomic E-state index is 0.510. The van der Waals surface area contributed by atoms with Gasteiger partial charge in [-0.15, -0.1) is 6.42 Å². The lowest BCUT2D eigenvalue weighted by atomic mass is 9.92. The summed E-state index contributed by atoms with van der Waals surface area (Å²) in [4.78, 5) is 18.1. The van der Waals surface area contributed by atoms with Crippen molar-refractivity contribution in [2.45, 2.75) is 13.3 Å². The van der Waals surface area contributed by atoms with Gasteiger partial charge in [0.2, 0.25) is 5.88 Å². The molecule has 1 N–H and O–H groups in total. The first-order valence-electron chi connectivity index (χ1n) is 11.9. The Hall–Kier alpha value is -4.90. The zero-order valence-electron chi connectivity index (χ0n) is 20.7. The Kier molecular flexibility index (Phi) is 5.46. The third-order valence-corrected chi connectivity index (χ3v) is 6.57. The second-order valence-corrected chi connectivity index (χ2v) is 8.83. The molecule has 5 heterocycles. The van der Waals surface area contributed by atoms with Gasteiger partial charge in [-0.25, -0.2) is 19.9 Å². The molecule has 0 unspecified atom stereocenters. The van der Waals surface area contributed by atoms with Gasteiger partial charge >= 0.3 is 0 Å². The molecule has 8 nitrogen and oxygen atoms in total. The van der Waals surface area contributed by atoms with Crippen molar-refractivity contribution in [3.63, 3.8) is 0 Å². The topological polar surface area (TPSA) is 87.0 Å². The van der Waals surface area contributed by atoms with Crippen LogP contribution in [0.2, 0.25) is 0 Å². The summed E-state index contributed by atoms with van der Waals surface area (Å²) in [7, 11) is 3.62. The summed E-state index contributed by atoms with van der Waals surface area (Å²) in [6.45, 7) is 2.66. The molecule has 0 fully saturated rings. The molecule has 0 spiro atoms. The number of ether oxygens (including phenoxy) is 2. The molecule has 1 aliphatic rings. The highest BCUT2D eigenvalue weighted by atomic mass is 16.5. The van der Waals surface area contributed by atoms with Crippen molar-refractivity contribution < 1.29 is 9.47 Å². The molecular formula is C29H24N6O2. The first-order valence-corrected chi connectivity index (χ1v) is 11.9. The number of terminal acetylenes is 1. The van der Waals surface area contributed by atoms with E-state index in [2.05, 4.69) is 47.9 Å². The number of benzene rings is 1. The standard InChI is InChI=1S/C29H24N6O2/c1-5-19-14-23(36-4)22(15-31-19)27-25-21-10-9-20(37-24-8-6-7-17(2)34-24)13-18(21)11-12-30-28-26(25)29(35(27)3)33-16-32-28/h1,6-10,13-16H,11-12H2,2-4H3,(H,30,32,33). The van der Waals surface area contributed by atoms with Crippen LogP contribution in [0.1, 0.15) is 17.0 Å². The van der Waals surface area contributed by atoms with Crippen LogP contribution in [0.15, 0.2) is 55.0 Å². The number of nitrogens with one attached hydrogen (secondary N) is 1. The van der Waals surface area contributed by atoms with Gasteiger partial charge in [0.05, 0.1) is 23.8 Å². The quantitative estimate of drug-likeness (QED) is 0.350. The fourth-order valence-corrected chi connectivity index (χ4v) is 4.92. The van der Waals surface area contributed by atoms with Crippen LogP contribution >= 0.6 is 0 Å². The molecule has 0 atom stereocenters. The highest BCUT2D eigenvalue weighted by Gasteiger charge is 2.27. The lowest BCUT2D eigenvalue weighted by Gasteiger charge is -2.19. The Bertz CT molecular complexity index is 1720. The van der Waals surface area contributed by atoms with Crippen molar-refractivity contribution in [3.05, 3.63) is 71.9 Å². The molecular weight excluding hydrogens is 464 g/mol. The van der Waals surface area contributed by atoms with Crippen molar-refractivity contribution in [2.24, 2.45) is 7.05 Å². The van der Waals surface area contributed by atoms with Crippen LogP contribution in [0.5, 0.6) is 17.4 Å². The minimum Gasteiger partial charge on any atom is -0.496 e. The maximum atomic E-state index is 6.11. The minimum absolute atomic E-state index is 0.510. The van der Waals surface area contributed by atoms with Gasteiger partial charge in [0.15, 0.2) is 0 Å². The molecule has 5 aromatic rings. The largest absolute Gasteiger partial charge is 0.496 e. The molecule has 0 radical (unpaired) electrons. The summed E-state index contributed by atoms with van der Waals surface area (Å²) in [5, 5.41) is 4.44. The van der Waals surface area contributed by atoms with E-state index in [0.717, 1.165) is 69.2 Å². The number of rotatable bonds is 4. The number of aromatic nitrogens is 5. The normalized spacial score (nSPS) is 12.2. The van der Waals surface area contributed by atoms with E-state index in [1.54, 1.807) is 25.7 Å². The van der Waals surface area contributed by atoms with Crippen LogP contribution in [0.4, 0.5) is 5.82 Å². The highest BCUT2D eigenvalue weighted by molar-refractivity contribution is 6.09. The highest BCUT2D eigenvalue weighted by Crippen LogP contribution is 2.47. The average Bonchev–Trinajstić information content (AvgIpc) is 3.20. The Morgan fingerprint density at radius 2 is 1.97 bits per heavy atom. The Balaban J connectivity index is 1.59. The van der Waals surface area contributed by atoms with Gasteiger partial charge in [0.25, 0.3) is 0 Å². The fourth-order valence-electron chi connectivity index (χ4n) is 4.92. The van der Waals surface area contributed by atoms with E-state index in [-0.39, 0.29) is 0 Å².